The van der Waals surface area contributed by atoms with Crippen LogP contribution in [0.15, 0.2) is 79.8 Å². The third-order valence-corrected chi connectivity index (χ3v) is 10.6. The molecule has 0 saturated carbocycles. The highest BCUT2D eigenvalue weighted by molar-refractivity contribution is 6.29. The third kappa shape index (κ3) is 15.1. The van der Waals surface area contributed by atoms with Crippen molar-refractivity contribution in [2.75, 3.05) is 76.2 Å². The Hall–Kier alpha value is -6.94. The Morgan fingerprint density at radius 2 is 0.891 bits per heavy atom. The van der Waals surface area contributed by atoms with Crippen molar-refractivity contribution in [3.63, 3.8) is 0 Å². The minimum atomic E-state index is -1.12. The van der Waals surface area contributed by atoms with E-state index in [0.717, 1.165) is 20.3 Å². The van der Waals surface area contributed by atoms with Crippen LogP contribution in [0, 0.1) is 20.2 Å². The lowest BCUT2D eigenvalue weighted by Crippen LogP contribution is -2.38. The van der Waals surface area contributed by atoms with E-state index in [-0.39, 0.29) is 24.6 Å². The maximum atomic E-state index is 12.5. The van der Waals surface area contributed by atoms with Gasteiger partial charge in [-0.25, -0.2) is 19.2 Å². The summed E-state index contributed by atoms with van der Waals surface area (Å²) in [5.74, 6) is -1.52. The standard InChI is InChI=1S/C42H56N10O12/c1-45-35(29-37(53)47(3)41(45)57)43-19-25-49(21-5-9-31-11-15-33(16-12-31)51(59)60)23-7-27-63-39(55)40(56)64-28-8-24-50(22-6-10-32-13-17-34(18-14-32)52(61)62)26-20-44-36-30-38(54)48(4)42(58)46(36)2/h11-18,29-30,43-44H,5-10,19-28H2,1-4H3. The molecule has 4 rings (SSSR count). The van der Waals surface area contributed by atoms with Crippen LogP contribution in [0.1, 0.15) is 36.8 Å². The number of hydrogen-bond acceptors (Lipinski definition) is 16. The average Bonchev–Trinajstić information content (AvgIpc) is 3.28. The lowest BCUT2D eigenvalue weighted by molar-refractivity contribution is -0.385. The summed E-state index contributed by atoms with van der Waals surface area (Å²) in [7, 11) is 5.91. The van der Waals surface area contributed by atoms with Gasteiger partial charge in [0.2, 0.25) is 0 Å². The predicted molar refractivity (Wildman–Crippen MR) is 238 cm³/mol. The SMILES string of the molecule is Cn1c(NCCN(CCCOC(=O)C(=O)OCCCN(CCCc2ccc([N+](=O)[O-])cc2)CCNc2cc(=O)n(C)c(=O)n2C)CCCc2ccc([N+](=O)[O-])cc2)cc(=O)n(C)c1=O. The second kappa shape index (κ2) is 24.6. The molecule has 0 amide bonds. The minimum Gasteiger partial charge on any atom is -0.457 e. The quantitative estimate of drug-likeness (QED) is 0.0298. The van der Waals surface area contributed by atoms with Crippen LogP contribution in [0.5, 0.6) is 0 Å². The number of anilines is 2. The van der Waals surface area contributed by atoms with Crippen LogP contribution in [0.4, 0.5) is 23.0 Å². The number of nitrogens with zero attached hydrogens (tertiary/aromatic N) is 8. The summed E-state index contributed by atoms with van der Waals surface area (Å²) < 4.78 is 15.1. The zero-order valence-corrected chi connectivity index (χ0v) is 36.6. The maximum Gasteiger partial charge on any atom is 0.417 e. The Morgan fingerprint density at radius 3 is 1.23 bits per heavy atom. The van der Waals surface area contributed by atoms with E-state index in [1.165, 1.54) is 59.6 Å². The van der Waals surface area contributed by atoms with Crippen LogP contribution >= 0.6 is 0 Å². The number of ether oxygens (including phenoxy) is 2. The molecule has 0 bridgehead atoms. The topological polar surface area (TPSA) is 257 Å². The molecule has 2 aromatic carbocycles. The molecule has 2 aromatic heterocycles. The zero-order valence-electron chi connectivity index (χ0n) is 36.6. The summed E-state index contributed by atoms with van der Waals surface area (Å²) in [5, 5.41) is 28.3. The van der Waals surface area contributed by atoms with Crippen molar-refractivity contribution in [2.24, 2.45) is 28.2 Å². The van der Waals surface area contributed by atoms with Gasteiger partial charge in [0, 0.05) is 104 Å². The fourth-order valence-corrected chi connectivity index (χ4v) is 6.77. The fraction of sp³-hybridized carbons (Fsp3) is 0.476. The van der Waals surface area contributed by atoms with Crippen molar-refractivity contribution in [1.29, 1.82) is 0 Å². The number of aryl methyl sites for hydroxylation is 2. The molecule has 0 saturated heterocycles. The number of non-ortho nitro benzene ring substituents is 2. The molecule has 0 fully saturated rings. The van der Waals surface area contributed by atoms with Gasteiger partial charge in [0.25, 0.3) is 22.5 Å². The lowest BCUT2D eigenvalue weighted by atomic mass is 10.1. The zero-order chi connectivity index (χ0) is 46.8. The van der Waals surface area contributed by atoms with Gasteiger partial charge in [-0.15, -0.1) is 0 Å². The van der Waals surface area contributed by atoms with Crippen LogP contribution in [0.25, 0.3) is 0 Å². The Balaban J connectivity index is 1.24. The van der Waals surface area contributed by atoms with Gasteiger partial charge in [0.1, 0.15) is 11.6 Å². The molecule has 0 aliphatic heterocycles. The van der Waals surface area contributed by atoms with Crippen LogP contribution < -0.4 is 33.1 Å². The molecular formula is C42H56N10O12. The van der Waals surface area contributed by atoms with E-state index in [9.17, 15) is 49.0 Å². The Kier molecular flexibility index (Phi) is 19.1. The Bertz CT molecular complexity index is 2290. The average molecular weight is 893 g/mol. The molecule has 0 atom stereocenters. The molecule has 0 unspecified atom stereocenters. The Labute approximate surface area is 367 Å². The van der Waals surface area contributed by atoms with E-state index in [2.05, 4.69) is 20.4 Å². The number of esters is 2. The number of rotatable bonds is 26. The molecule has 0 radical (unpaired) electrons. The second-order valence-electron chi connectivity index (χ2n) is 15.1. The molecule has 22 heteroatoms. The summed E-state index contributed by atoms with van der Waals surface area (Å²) in [6.45, 7) is 3.82. The van der Waals surface area contributed by atoms with E-state index in [1.54, 1.807) is 38.4 Å². The summed E-state index contributed by atoms with van der Waals surface area (Å²) >= 11 is 0. The maximum absolute atomic E-state index is 12.5. The van der Waals surface area contributed by atoms with Gasteiger partial charge in [-0.2, -0.15) is 0 Å². The molecule has 0 aliphatic rings. The Morgan fingerprint density at radius 1 is 0.547 bits per heavy atom. The normalized spacial score (nSPS) is 11.2. The molecule has 346 valence electrons. The number of nitro benzene ring substituents is 2. The first-order chi connectivity index (χ1) is 30.5. The van der Waals surface area contributed by atoms with Crippen molar-refractivity contribution in [2.45, 2.75) is 38.5 Å². The summed E-state index contributed by atoms with van der Waals surface area (Å²) in [5.41, 5.74) is 0.0562. The monoisotopic (exact) mass is 892 g/mol. The van der Waals surface area contributed by atoms with Gasteiger partial charge < -0.3 is 29.9 Å². The molecule has 0 aliphatic carbocycles. The van der Waals surface area contributed by atoms with Gasteiger partial charge in [0.15, 0.2) is 0 Å². The first-order valence-electron chi connectivity index (χ1n) is 20.8. The summed E-state index contributed by atoms with van der Waals surface area (Å²) in [6.07, 6.45) is 3.49. The summed E-state index contributed by atoms with van der Waals surface area (Å²) in [4.78, 5) is 99.5. The van der Waals surface area contributed by atoms with E-state index in [1.807, 2.05) is 0 Å². The van der Waals surface area contributed by atoms with Crippen molar-refractivity contribution in [3.05, 3.63) is 134 Å². The highest BCUT2D eigenvalue weighted by Crippen LogP contribution is 2.15. The highest BCUT2D eigenvalue weighted by atomic mass is 16.6. The number of carbonyl (C=O) groups is 2. The van der Waals surface area contributed by atoms with Crippen molar-refractivity contribution in [3.8, 4) is 0 Å². The number of benzene rings is 2. The number of aromatic nitrogens is 4. The first kappa shape index (κ1) is 49.7. The fourth-order valence-electron chi connectivity index (χ4n) is 6.77. The lowest BCUT2D eigenvalue weighted by Gasteiger charge is -2.23. The molecule has 22 nitrogen and oxygen atoms in total. The van der Waals surface area contributed by atoms with Gasteiger partial charge >= 0.3 is 23.3 Å². The molecule has 64 heavy (non-hydrogen) atoms. The van der Waals surface area contributed by atoms with Crippen molar-refractivity contribution >= 4 is 34.9 Å². The van der Waals surface area contributed by atoms with Crippen LogP contribution in [0.3, 0.4) is 0 Å². The number of carbonyl (C=O) groups excluding carboxylic acids is 2. The number of hydrogen-bond donors (Lipinski definition) is 2. The van der Waals surface area contributed by atoms with E-state index >= 15 is 0 Å². The molecule has 0 spiro atoms. The van der Waals surface area contributed by atoms with Crippen molar-refractivity contribution < 1.29 is 28.9 Å². The molecular weight excluding hydrogens is 837 g/mol. The van der Waals surface area contributed by atoms with E-state index in [0.29, 0.717) is 103 Å². The van der Waals surface area contributed by atoms with Gasteiger partial charge in [-0.3, -0.25) is 48.1 Å². The predicted octanol–water partition coefficient (Wildman–Crippen LogP) is 1.56. The van der Waals surface area contributed by atoms with Crippen LogP contribution in [-0.4, -0.2) is 115 Å². The highest BCUT2D eigenvalue weighted by Gasteiger charge is 2.18. The molecule has 4 aromatic rings. The van der Waals surface area contributed by atoms with Crippen LogP contribution in [0.2, 0.25) is 0 Å². The number of nitro groups is 2. The molecule has 2 N–H and O–H groups in total. The minimum absolute atomic E-state index is 0.00753. The number of nitrogens with one attached hydrogen (secondary N) is 2. The van der Waals surface area contributed by atoms with Gasteiger partial charge in [0.05, 0.1) is 23.1 Å². The van der Waals surface area contributed by atoms with Crippen molar-refractivity contribution in [1.82, 2.24) is 28.1 Å². The first-order valence-corrected chi connectivity index (χ1v) is 20.8. The van der Waals surface area contributed by atoms with Gasteiger partial charge in [-0.1, -0.05) is 24.3 Å². The summed E-state index contributed by atoms with van der Waals surface area (Å²) in [6, 6.07) is 15.4. The van der Waals surface area contributed by atoms with Crippen LogP contribution in [-0.2, 0) is 60.1 Å². The van der Waals surface area contributed by atoms with E-state index in [4.69, 9.17) is 9.47 Å². The molecule has 2 heterocycles. The second-order valence-corrected chi connectivity index (χ2v) is 15.1. The smallest absolute Gasteiger partial charge is 0.417 e. The van der Waals surface area contributed by atoms with Gasteiger partial charge in [-0.05, 0) is 62.7 Å². The third-order valence-electron chi connectivity index (χ3n) is 10.6. The van der Waals surface area contributed by atoms with E-state index < -0.39 is 44.3 Å². The largest absolute Gasteiger partial charge is 0.457 e.